The molecule has 7 heteroatoms. The zero-order valence-electron chi connectivity index (χ0n) is 16.9. The van der Waals surface area contributed by atoms with Crippen LogP contribution in [-0.2, 0) is 16.1 Å². The van der Waals surface area contributed by atoms with Crippen molar-refractivity contribution in [2.24, 2.45) is 11.3 Å². The summed E-state index contributed by atoms with van der Waals surface area (Å²) in [6.45, 7) is 6.34. The molecule has 0 heterocycles. The first-order chi connectivity index (χ1) is 13.2. The second-order valence-electron chi connectivity index (χ2n) is 8.23. The largest absolute Gasteiger partial charge is 0.350 e. The monoisotopic (exact) mass is 389 g/mol. The van der Waals surface area contributed by atoms with Crippen LogP contribution in [-0.4, -0.2) is 34.2 Å². The predicted molar refractivity (Wildman–Crippen MR) is 105 cm³/mol. The Labute approximate surface area is 166 Å². The quantitative estimate of drug-likeness (QED) is 0.446. The molecule has 2 rings (SSSR count). The zero-order valence-corrected chi connectivity index (χ0v) is 16.9. The molecule has 1 fully saturated rings. The molecule has 4 amide bonds. The highest BCUT2D eigenvalue weighted by Crippen LogP contribution is 2.48. The van der Waals surface area contributed by atoms with Crippen LogP contribution in [0.4, 0.5) is 4.79 Å². The van der Waals surface area contributed by atoms with Crippen molar-refractivity contribution >= 4 is 17.8 Å². The maximum atomic E-state index is 12.7. The molecular weight excluding hydrogens is 358 g/mol. The fourth-order valence-corrected chi connectivity index (χ4v) is 2.99. The van der Waals surface area contributed by atoms with Gasteiger partial charge >= 0.3 is 6.03 Å². The summed E-state index contributed by atoms with van der Waals surface area (Å²) in [5.41, 5.74) is 0.587. The molecule has 0 bridgehead atoms. The summed E-state index contributed by atoms with van der Waals surface area (Å²) in [6, 6.07) is 7.71. The van der Waals surface area contributed by atoms with Gasteiger partial charge in [-0.05, 0) is 36.2 Å². The number of nitrogens with zero attached hydrogens (tertiary/aromatic N) is 1. The van der Waals surface area contributed by atoms with Crippen molar-refractivity contribution in [3.63, 3.8) is 0 Å². The zero-order chi connectivity index (χ0) is 20.7. The lowest BCUT2D eigenvalue weighted by molar-refractivity contribution is -0.153. The van der Waals surface area contributed by atoms with E-state index < -0.39 is 18.0 Å². The first-order valence-corrected chi connectivity index (χ1v) is 9.87. The molecule has 1 aliphatic rings. The topological polar surface area (TPSA) is 98.7 Å². The Kier molecular flexibility index (Phi) is 7.57. The molecule has 1 saturated carbocycles. The van der Waals surface area contributed by atoms with Gasteiger partial charge in [0.25, 0.3) is 5.91 Å². The smallest absolute Gasteiger partial charge is 0.349 e. The maximum absolute atomic E-state index is 12.7. The molecule has 0 spiro atoms. The fourth-order valence-electron chi connectivity index (χ4n) is 2.99. The number of urea groups is 1. The minimum absolute atomic E-state index is 0.0875. The number of hydrogen-bond acceptors (Lipinski definition) is 4. The molecule has 0 saturated heterocycles. The normalized spacial score (nSPS) is 15.6. The van der Waals surface area contributed by atoms with E-state index >= 15 is 0 Å². The Morgan fingerprint density at radius 1 is 1.18 bits per heavy atom. The predicted octanol–water partition coefficient (Wildman–Crippen LogP) is 3.23. The highest BCUT2D eigenvalue weighted by molar-refractivity contribution is 5.95. The highest BCUT2D eigenvalue weighted by Gasteiger charge is 2.49. The molecule has 7 nitrogen and oxygen atoms in total. The summed E-state index contributed by atoms with van der Waals surface area (Å²) in [4.78, 5) is 37.0. The number of amides is 4. The van der Waals surface area contributed by atoms with Gasteiger partial charge in [0, 0.05) is 13.0 Å². The van der Waals surface area contributed by atoms with Crippen LogP contribution in [0.5, 0.6) is 0 Å². The van der Waals surface area contributed by atoms with E-state index in [0.717, 1.165) is 24.8 Å². The third kappa shape index (κ3) is 6.34. The summed E-state index contributed by atoms with van der Waals surface area (Å²) in [5.74, 6) is -0.540. The Morgan fingerprint density at radius 3 is 2.39 bits per heavy atom. The number of rotatable bonds is 9. The van der Waals surface area contributed by atoms with E-state index in [-0.39, 0.29) is 22.8 Å². The van der Waals surface area contributed by atoms with Crippen LogP contribution in [0.1, 0.15) is 58.4 Å². The van der Waals surface area contributed by atoms with Crippen molar-refractivity contribution in [3.05, 3.63) is 35.9 Å². The molecule has 1 atom stereocenters. The maximum Gasteiger partial charge on any atom is 0.349 e. The van der Waals surface area contributed by atoms with Crippen molar-refractivity contribution in [2.75, 3.05) is 0 Å². The second-order valence-corrected chi connectivity index (χ2v) is 8.23. The van der Waals surface area contributed by atoms with Crippen molar-refractivity contribution in [2.45, 2.75) is 65.5 Å². The Morgan fingerprint density at radius 2 is 1.82 bits per heavy atom. The molecule has 154 valence electrons. The van der Waals surface area contributed by atoms with Gasteiger partial charge in [0.05, 0.1) is 0 Å². The number of imide groups is 1. The number of nitrogens with one attached hydrogen (secondary N) is 2. The van der Waals surface area contributed by atoms with Crippen molar-refractivity contribution < 1.29 is 19.6 Å². The number of hydroxylamine groups is 2. The first-order valence-electron chi connectivity index (χ1n) is 9.87. The minimum atomic E-state index is -0.956. The van der Waals surface area contributed by atoms with Crippen molar-refractivity contribution in [3.8, 4) is 0 Å². The summed E-state index contributed by atoms with van der Waals surface area (Å²) in [5, 5.41) is 15.4. The van der Waals surface area contributed by atoms with Crippen LogP contribution in [0.2, 0.25) is 0 Å². The van der Waals surface area contributed by atoms with E-state index in [2.05, 4.69) is 10.6 Å². The van der Waals surface area contributed by atoms with Crippen molar-refractivity contribution in [1.82, 2.24) is 15.7 Å². The van der Waals surface area contributed by atoms with Crippen LogP contribution in [0, 0.1) is 11.3 Å². The Hall–Kier alpha value is -2.41. The fraction of sp³-hybridized carbons (Fsp3) is 0.571. The number of carbonyl (C=O) groups excluding carboxylic acids is 3. The Bertz CT molecular complexity index is 686. The van der Waals surface area contributed by atoms with Crippen LogP contribution < -0.4 is 10.6 Å². The number of carbonyl (C=O) groups is 3. The summed E-state index contributed by atoms with van der Waals surface area (Å²) in [7, 11) is 0. The van der Waals surface area contributed by atoms with Gasteiger partial charge in [0.1, 0.15) is 6.04 Å². The Balaban J connectivity index is 1.91. The number of hydrogen-bond donors (Lipinski definition) is 3. The lowest BCUT2D eigenvalue weighted by Crippen LogP contribution is -2.55. The summed E-state index contributed by atoms with van der Waals surface area (Å²) < 4.78 is 0. The van der Waals surface area contributed by atoms with Gasteiger partial charge in [-0.2, -0.15) is 0 Å². The SMILES string of the molecule is CC(C)CCCC(=O)N(O)C(=O)NC(C(=O)NCc1ccccc1)C1(C)CC1. The van der Waals surface area contributed by atoms with Gasteiger partial charge in [-0.25, -0.2) is 4.79 Å². The third-order valence-electron chi connectivity index (χ3n) is 5.18. The van der Waals surface area contributed by atoms with E-state index in [1.807, 2.05) is 51.1 Å². The molecule has 0 radical (unpaired) electrons. The highest BCUT2D eigenvalue weighted by atomic mass is 16.5. The van der Waals surface area contributed by atoms with Crippen LogP contribution in [0.3, 0.4) is 0 Å². The molecule has 0 aliphatic heterocycles. The second kappa shape index (κ2) is 9.68. The molecule has 0 aromatic heterocycles. The molecule has 1 aliphatic carbocycles. The lowest BCUT2D eigenvalue weighted by Gasteiger charge is -2.25. The number of benzene rings is 1. The molecular formula is C21H31N3O4. The minimum Gasteiger partial charge on any atom is -0.350 e. The van der Waals surface area contributed by atoms with Crippen LogP contribution in [0.25, 0.3) is 0 Å². The summed E-state index contributed by atoms with van der Waals surface area (Å²) >= 11 is 0. The van der Waals surface area contributed by atoms with Gasteiger partial charge in [-0.15, -0.1) is 5.06 Å². The lowest BCUT2D eigenvalue weighted by atomic mass is 9.98. The standard InChI is InChI=1S/C21H31N3O4/c1-15(2)8-7-11-17(25)24(28)20(27)23-18(21(3)12-13-21)19(26)22-14-16-9-5-4-6-10-16/h4-6,9-10,15,18,28H,7-8,11-14H2,1-3H3,(H,22,26)(H,23,27). The van der Waals surface area contributed by atoms with Gasteiger partial charge in [-0.1, -0.05) is 57.5 Å². The van der Waals surface area contributed by atoms with Gasteiger partial charge < -0.3 is 10.6 Å². The van der Waals surface area contributed by atoms with E-state index in [9.17, 15) is 19.6 Å². The van der Waals surface area contributed by atoms with E-state index in [4.69, 9.17) is 0 Å². The molecule has 1 unspecified atom stereocenters. The van der Waals surface area contributed by atoms with E-state index in [1.165, 1.54) is 0 Å². The van der Waals surface area contributed by atoms with Crippen LogP contribution >= 0.6 is 0 Å². The summed E-state index contributed by atoms with van der Waals surface area (Å²) in [6.07, 6.45) is 3.11. The molecule has 1 aromatic carbocycles. The van der Waals surface area contributed by atoms with Gasteiger partial charge in [0.2, 0.25) is 5.91 Å². The molecule has 3 N–H and O–H groups in total. The average molecular weight is 389 g/mol. The van der Waals surface area contributed by atoms with Crippen LogP contribution in [0.15, 0.2) is 30.3 Å². The molecule has 28 heavy (non-hydrogen) atoms. The van der Waals surface area contributed by atoms with Crippen molar-refractivity contribution in [1.29, 1.82) is 0 Å². The van der Waals surface area contributed by atoms with Gasteiger partial charge in [0.15, 0.2) is 0 Å². The van der Waals surface area contributed by atoms with Gasteiger partial charge in [-0.3, -0.25) is 14.8 Å². The van der Waals surface area contributed by atoms with E-state index in [1.54, 1.807) is 0 Å². The third-order valence-corrected chi connectivity index (χ3v) is 5.18. The average Bonchev–Trinajstić information content (AvgIpc) is 3.42. The van der Waals surface area contributed by atoms with E-state index in [0.29, 0.717) is 18.9 Å². The first kappa shape index (κ1) is 21.9. The molecule has 1 aromatic rings.